The van der Waals surface area contributed by atoms with Gasteiger partial charge in [-0.1, -0.05) is 0 Å². The van der Waals surface area contributed by atoms with Crippen molar-refractivity contribution in [2.24, 2.45) is 0 Å². The van der Waals surface area contributed by atoms with Crippen LogP contribution < -0.4 is 0 Å². The molecule has 0 spiro atoms. The molecule has 1 rings (SSSR count). The number of ether oxygens (including phenoxy) is 1. The van der Waals surface area contributed by atoms with E-state index in [0.717, 1.165) is 18.2 Å². The van der Waals surface area contributed by atoms with Crippen molar-refractivity contribution in [2.75, 3.05) is 6.61 Å². The van der Waals surface area contributed by atoms with E-state index in [9.17, 15) is 19.4 Å². The molecule has 1 aromatic rings. The van der Waals surface area contributed by atoms with Crippen molar-refractivity contribution in [3.63, 3.8) is 0 Å². The lowest BCUT2D eigenvalue weighted by atomic mass is 10.0. The molecule has 0 heterocycles. The SMILES string of the molecule is CCOC(=O)CC(O)C(O)c1cc(O)cc(F)c1. The van der Waals surface area contributed by atoms with Crippen molar-refractivity contribution in [3.05, 3.63) is 29.6 Å². The molecule has 6 heteroatoms. The highest BCUT2D eigenvalue weighted by molar-refractivity contribution is 5.70. The Kier molecular flexibility index (Phi) is 5.06. The van der Waals surface area contributed by atoms with Crippen LogP contribution in [0.5, 0.6) is 5.75 Å². The third-order valence-electron chi connectivity index (χ3n) is 2.29. The molecule has 1 aromatic carbocycles. The standard InChI is InChI=1S/C12H15FO5/c1-2-18-11(16)6-10(15)12(17)7-3-8(13)5-9(14)4-7/h3-5,10,12,14-15,17H,2,6H2,1H3. The quantitative estimate of drug-likeness (QED) is 0.682. The van der Waals surface area contributed by atoms with Gasteiger partial charge in [-0.25, -0.2) is 4.39 Å². The summed E-state index contributed by atoms with van der Waals surface area (Å²) >= 11 is 0. The minimum Gasteiger partial charge on any atom is -0.508 e. The third kappa shape index (κ3) is 3.97. The monoisotopic (exact) mass is 258 g/mol. The molecule has 0 aliphatic carbocycles. The van der Waals surface area contributed by atoms with Crippen LogP contribution in [0.2, 0.25) is 0 Å². The first kappa shape index (κ1) is 14.4. The van der Waals surface area contributed by atoms with Crippen LogP contribution in [0.25, 0.3) is 0 Å². The van der Waals surface area contributed by atoms with Crippen molar-refractivity contribution in [1.82, 2.24) is 0 Å². The maximum atomic E-state index is 13.0. The number of aliphatic hydroxyl groups is 2. The zero-order valence-corrected chi connectivity index (χ0v) is 9.84. The van der Waals surface area contributed by atoms with Crippen LogP contribution in [0.4, 0.5) is 4.39 Å². The van der Waals surface area contributed by atoms with Crippen molar-refractivity contribution in [2.45, 2.75) is 25.6 Å². The van der Waals surface area contributed by atoms with E-state index in [2.05, 4.69) is 4.74 Å². The van der Waals surface area contributed by atoms with Gasteiger partial charge in [-0.3, -0.25) is 4.79 Å². The molecular formula is C12H15FO5. The van der Waals surface area contributed by atoms with E-state index in [0.29, 0.717) is 0 Å². The fourth-order valence-electron chi connectivity index (χ4n) is 1.49. The summed E-state index contributed by atoms with van der Waals surface area (Å²) in [6.45, 7) is 1.79. The normalized spacial score (nSPS) is 14.0. The Balaban J connectivity index is 2.73. The van der Waals surface area contributed by atoms with Crippen LogP contribution >= 0.6 is 0 Å². The summed E-state index contributed by atoms with van der Waals surface area (Å²) in [6, 6.07) is 2.95. The van der Waals surface area contributed by atoms with Gasteiger partial charge in [0.25, 0.3) is 0 Å². The number of hydrogen-bond donors (Lipinski definition) is 3. The summed E-state index contributed by atoms with van der Waals surface area (Å²) in [5, 5.41) is 28.5. The van der Waals surface area contributed by atoms with E-state index in [1.54, 1.807) is 6.92 Å². The first-order valence-corrected chi connectivity index (χ1v) is 5.45. The molecule has 2 unspecified atom stereocenters. The van der Waals surface area contributed by atoms with Crippen LogP contribution in [0, 0.1) is 5.82 Å². The second kappa shape index (κ2) is 6.32. The molecule has 18 heavy (non-hydrogen) atoms. The van der Waals surface area contributed by atoms with Crippen molar-refractivity contribution >= 4 is 5.97 Å². The lowest BCUT2D eigenvalue weighted by Gasteiger charge is -2.17. The first-order chi connectivity index (χ1) is 8.43. The summed E-state index contributed by atoms with van der Waals surface area (Å²) < 4.78 is 17.6. The van der Waals surface area contributed by atoms with Gasteiger partial charge in [-0.15, -0.1) is 0 Å². The van der Waals surface area contributed by atoms with E-state index in [1.165, 1.54) is 0 Å². The average Bonchev–Trinajstić information content (AvgIpc) is 2.26. The van der Waals surface area contributed by atoms with Gasteiger partial charge >= 0.3 is 5.97 Å². The largest absolute Gasteiger partial charge is 0.508 e. The maximum Gasteiger partial charge on any atom is 0.308 e. The van der Waals surface area contributed by atoms with Gasteiger partial charge < -0.3 is 20.1 Å². The second-order valence-corrected chi connectivity index (χ2v) is 3.76. The molecule has 0 radical (unpaired) electrons. The lowest BCUT2D eigenvalue weighted by molar-refractivity contribution is -0.147. The number of hydrogen-bond acceptors (Lipinski definition) is 5. The van der Waals surface area contributed by atoms with Crippen molar-refractivity contribution in [1.29, 1.82) is 0 Å². The molecule has 2 atom stereocenters. The number of carbonyl (C=O) groups is 1. The fraction of sp³-hybridized carbons (Fsp3) is 0.417. The smallest absolute Gasteiger partial charge is 0.308 e. The predicted octanol–water partition coefficient (Wildman–Crippen LogP) is 0.879. The minimum atomic E-state index is -1.48. The molecule has 5 nitrogen and oxygen atoms in total. The fourth-order valence-corrected chi connectivity index (χ4v) is 1.49. The highest BCUT2D eigenvalue weighted by Gasteiger charge is 2.23. The van der Waals surface area contributed by atoms with Crippen molar-refractivity contribution < 1.29 is 29.2 Å². The maximum absolute atomic E-state index is 13.0. The number of phenolic OH excluding ortho intramolecular Hbond substituents is 1. The summed E-state index contributed by atoms with van der Waals surface area (Å²) in [4.78, 5) is 11.1. The van der Waals surface area contributed by atoms with E-state index in [4.69, 9.17) is 5.11 Å². The van der Waals surface area contributed by atoms with Gasteiger partial charge in [0.05, 0.1) is 19.1 Å². The zero-order chi connectivity index (χ0) is 13.7. The van der Waals surface area contributed by atoms with Gasteiger partial charge in [0.2, 0.25) is 0 Å². The lowest BCUT2D eigenvalue weighted by Crippen LogP contribution is -2.23. The highest BCUT2D eigenvalue weighted by Crippen LogP contribution is 2.24. The van der Waals surface area contributed by atoms with Gasteiger partial charge in [0, 0.05) is 6.07 Å². The van der Waals surface area contributed by atoms with Crippen LogP contribution in [0.1, 0.15) is 25.0 Å². The number of esters is 1. The minimum absolute atomic E-state index is 0.00991. The molecule has 0 aliphatic rings. The van der Waals surface area contributed by atoms with E-state index >= 15 is 0 Å². The number of benzene rings is 1. The molecular weight excluding hydrogens is 243 g/mol. The molecule has 0 saturated heterocycles. The molecule has 0 amide bonds. The van der Waals surface area contributed by atoms with Crippen molar-refractivity contribution in [3.8, 4) is 5.75 Å². The molecule has 0 fully saturated rings. The zero-order valence-electron chi connectivity index (χ0n) is 9.84. The second-order valence-electron chi connectivity index (χ2n) is 3.76. The Labute approximate surface area is 103 Å². The number of phenols is 1. The van der Waals surface area contributed by atoms with E-state index in [1.807, 2.05) is 0 Å². The molecule has 100 valence electrons. The molecule has 0 aromatic heterocycles. The Morgan fingerprint density at radius 3 is 2.61 bits per heavy atom. The molecule has 0 bridgehead atoms. The Morgan fingerprint density at radius 2 is 2.06 bits per heavy atom. The van der Waals surface area contributed by atoms with Gasteiger partial charge in [0.15, 0.2) is 0 Å². The number of aliphatic hydroxyl groups excluding tert-OH is 2. The summed E-state index contributed by atoms with van der Waals surface area (Å²) in [6.07, 6.45) is -3.31. The van der Waals surface area contributed by atoms with E-state index < -0.39 is 30.4 Å². The summed E-state index contributed by atoms with van der Waals surface area (Å²) in [7, 11) is 0. The number of halogens is 1. The number of aromatic hydroxyl groups is 1. The topological polar surface area (TPSA) is 87.0 Å². The van der Waals surface area contributed by atoms with E-state index in [-0.39, 0.29) is 17.9 Å². The Hall–Kier alpha value is -1.66. The average molecular weight is 258 g/mol. The number of rotatable bonds is 5. The third-order valence-corrected chi connectivity index (χ3v) is 2.29. The molecule has 0 aliphatic heterocycles. The molecule has 0 saturated carbocycles. The summed E-state index contributed by atoms with van der Waals surface area (Å²) in [5.41, 5.74) is -0.00991. The van der Waals surface area contributed by atoms with Crippen LogP contribution in [0.3, 0.4) is 0 Å². The predicted molar refractivity (Wildman–Crippen MR) is 60.3 cm³/mol. The van der Waals surface area contributed by atoms with Gasteiger partial charge in [-0.2, -0.15) is 0 Å². The molecule has 3 N–H and O–H groups in total. The van der Waals surface area contributed by atoms with Crippen LogP contribution in [0.15, 0.2) is 18.2 Å². The highest BCUT2D eigenvalue weighted by atomic mass is 19.1. The van der Waals surface area contributed by atoms with Crippen LogP contribution in [-0.2, 0) is 9.53 Å². The Bertz CT molecular complexity index is 401. The first-order valence-electron chi connectivity index (χ1n) is 5.45. The van der Waals surface area contributed by atoms with Crippen LogP contribution in [-0.4, -0.2) is 34.0 Å². The summed E-state index contributed by atoms with van der Waals surface area (Å²) in [5.74, 6) is -1.77. The Morgan fingerprint density at radius 1 is 1.39 bits per heavy atom. The van der Waals surface area contributed by atoms with Gasteiger partial charge in [-0.05, 0) is 24.6 Å². The number of carbonyl (C=O) groups excluding carboxylic acids is 1. The van der Waals surface area contributed by atoms with Gasteiger partial charge in [0.1, 0.15) is 17.7 Å².